The predicted molar refractivity (Wildman–Crippen MR) is 115 cm³/mol. The summed E-state index contributed by atoms with van der Waals surface area (Å²) in [6.07, 6.45) is 3.83. The molecule has 158 valence electrons. The third kappa shape index (κ3) is 2.75. The van der Waals surface area contributed by atoms with Crippen LogP contribution in [0.4, 0.5) is 0 Å². The number of aliphatic hydroxyl groups is 1. The number of ether oxygens (including phenoxy) is 1. The van der Waals surface area contributed by atoms with E-state index in [2.05, 4.69) is 14.9 Å². The van der Waals surface area contributed by atoms with Crippen LogP contribution in [0.2, 0.25) is 0 Å². The fraction of sp³-hybridized carbons (Fsp3) is 0.320. The number of esters is 1. The second-order valence-corrected chi connectivity index (χ2v) is 8.53. The quantitative estimate of drug-likeness (QED) is 0.662. The molecule has 2 aromatic heterocycles. The van der Waals surface area contributed by atoms with Crippen molar-refractivity contribution >= 4 is 5.97 Å². The first kappa shape index (κ1) is 19.8. The first-order chi connectivity index (χ1) is 15.0. The SMILES string of the molecule is COC(=O)[C@]12c3ccccc3CN(C1c1ccccn1)[C@@H](c1ccccn1)C[C@]2(C)O. The van der Waals surface area contributed by atoms with E-state index < -0.39 is 23.0 Å². The lowest BCUT2D eigenvalue weighted by atomic mass is 9.54. The Hall–Kier alpha value is -3.09. The van der Waals surface area contributed by atoms with Crippen LogP contribution < -0.4 is 0 Å². The second kappa shape index (κ2) is 7.25. The zero-order valence-electron chi connectivity index (χ0n) is 17.6. The van der Waals surface area contributed by atoms with Gasteiger partial charge in [-0.1, -0.05) is 36.4 Å². The molecule has 0 spiro atoms. The van der Waals surface area contributed by atoms with Crippen LogP contribution in [0.3, 0.4) is 0 Å². The van der Waals surface area contributed by atoms with Gasteiger partial charge in [0.25, 0.3) is 0 Å². The Balaban J connectivity index is 1.84. The number of aromatic nitrogens is 2. The van der Waals surface area contributed by atoms with Gasteiger partial charge in [-0.3, -0.25) is 19.7 Å². The van der Waals surface area contributed by atoms with Crippen LogP contribution in [-0.4, -0.2) is 38.7 Å². The Morgan fingerprint density at radius 3 is 2.32 bits per heavy atom. The fourth-order valence-electron chi connectivity index (χ4n) is 5.64. The second-order valence-electron chi connectivity index (χ2n) is 8.53. The van der Waals surface area contributed by atoms with Gasteiger partial charge in [0.15, 0.2) is 0 Å². The first-order valence-corrected chi connectivity index (χ1v) is 10.5. The number of hydrogen-bond donors (Lipinski definition) is 1. The standard InChI is InChI=1S/C25H25N3O3/c1-24(30)15-21(19-11-5-7-13-26-19)28-16-17-9-3-4-10-18(17)25(24,23(29)31-2)22(28)20-12-6-8-14-27-20/h3-14,21-22,30H,15-16H2,1-2H3/t21-,22?,24+,25+/m1/s1. The molecule has 4 heterocycles. The number of nitrogens with zero attached hydrogens (tertiary/aromatic N) is 3. The lowest BCUT2D eigenvalue weighted by Crippen LogP contribution is -2.69. The van der Waals surface area contributed by atoms with Crippen LogP contribution in [0.5, 0.6) is 0 Å². The van der Waals surface area contributed by atoms with Crippen LogP contribution in [0.25, 0.3) is 0 Å². The van der Waals surface area contributed by atoms with Crippen LogP contribution in [0.1, 0.15) is 47.9 Å². The van der Waals surface area contributed by atoms with Crippen LogP contribution in [0, 0.1) is 0 Å². The average molecular weight is 415 g/mol. The van der Waals surface area contributed by atoms with E-state index in [4.69, 9.17) is 4.74 Å². The highest BCUT2D eigenvalue weighted by Gasteiger charge is 2.69. The zero-order chi connectivity index (χ0) is 21.6. The maximum Gasteiger partial charge on any atom is 0.321 e. The van der Waals surface area contributed by atoms with Gasteiger partial charge in [0.2, 0.25) is 0 Å². The highest BCUT2D eigenvalue weighted by atomic mass is 16.5. The number of hydrogen-bond acceptors (Lipinski definition) is 6. The Morgan fingerprint density at radius 2 is 1.68 bits per heavy atom. The van der Waals surface area contributed by atoms with E-state index in [1.165, 1.54) is 7.11 Å². The van der Waals surface area contributed by atoms with Crippen molar-refractivity contribution in [2.45, 2.75) is 43.0 Å². The molecule has 0 saturated carbocycles. The van der Waals surface area contributed by atoms with Gasteiger partial charge in [0, 0.05) is 18.9 Å². The van der Waals surface area contributed by atoms with Crippen LogP contribution in [0.15, 0.2) is 73.1 Å². The van der Waals surface area contributed by atoms with E-state index in [-0.39, 0.29) is 6.04 Å². The van der Waals surface area contributed by atoms with Gasteiger partial charge in [-0.15, -0.1) is 0 Å². The molecule has 5 rings (SSSR count). The zero-order valence-corrected chi connectivity index (χ0v) is 17.6. The molecule has 6 heteroatoms. The lowest BCUT2D eigenvalue weighted by molar-refractivity contribution is -0.189. The predicted octanol–water partition coefficient (Wildman–Crippen LogP) is 3.34. The molecule has 2 unspecified atom stereocenters. The van der Waals surface area contributed by atoms with Gasteiger partial charge in [-0.25, -0.2) is 0 Å². The molecule has 1 aromatic carbocycles. The number of rotatable bonds is 3. The molecule has 31 heavy (non-hydrogen) atoms. The summed E-state index contributed by atoms with van der Waals surface area (Å²) in [5.74, 6) is -0.454. The smallest absolute Gasteiger partial charge is 0.321 e. The molecule has 5 atom stereocenters. The minimum Gasteiger partial charge on any atom is -0.468 e. The molecule has 2 bridgehead atoms. The molecule has 1 N–H and O–H groups in total. The van der Waals surface area contributed by atoms with Crippen molar-refractivity contribution in [3.8, 4) is 0 Å². The molecule has 0 aliphatic carbocycles. The van der Waals surface area contributed by atoms with Gasteiger partial charge in [0.1, 0.15) is 5.41 Å². The number of carbonyl (C=O) groups excluding carboxylic acids is 1. The topological polar surface area (TPSA) is 75.5 Å². The summed E-state index contributed by atoms with van der Waals surface area (Å²) in [4.78, 5) is 25.1. The third-order valence-corrected chi connectivity index (χ3v) is 6.88. The molecule has 1 fully saturated rings. The van der Waals surface area contributed by atoms with Gasteiger partial charge in [-0.05, 0) is 48.7 Å². The van der Waals surface area contributed by atoms with Gasteiger partial charge in [0.05, 0.1) is 36.2 Å². The molecule has 2 aliphatic heterocycles. The Morgan fingerprint density at radius 1 is 1.03 bits per heavy atom. The molecule has 3 aromatic rings. The number of pyridine rings is 2. The van der Waals surface area contributed by atoms with Gasteiger partial charge in [-0.2, -0.15) is 0 Å². The lowest BCUT2D eigenvalue weighted by Gasteiger charge is -2.61. The van der Waals surface area contributed by atoms with Gasteiger partial charge < -0.3 is 9.84 Å². The summed E-state index contributed by atoms with van der Waals surface area (Å²) in [5.41, 5.74) is 0.664. The Bertz CT molecular complexity index is 1100. The Kier molecular flexibility index (Phi) is 4.64. The van der Waals surface area contributed by atoms with Crippen molar-refractivity contribution in [2.75, 3.05) is 7.11 Å². The summed E-state index contributed by atoms with van der Waals surface area (Å²) < 4.78 is 5.38. The van der Waals surface area contributed by atoms with E-state index >= 15 is 0 Å². The summed E-state index contributed by atoms with van der Waals surface area (Å²) >= 11 is 0. The maximum atomic E-state index is 13.7. The van der Waals surface area contributed by atoms with E-state index in [0.717, 1.165) is 22.5 Å². The van der Waals surface area contributed by atoms with Crippen LogP contribution >= 0.6 is 0 Å². The average Bonchev–Trinajstić information content (AvgIpc) is 2.81. The normalized spacial score (nSPS) is 31.5. The summed E-state index contributed by atoms with van der Waals surface area (Å²) in [7, 11) is 1.38. The van der Waals surface area contributed by atoms with E-state index in [1.54, 1.807) is 19.3 Å². The maximum absolute atomic E-state index is 13.7. The molecule has 0 amide bonds. The minimum atomic E-state index is -1.41. The molecule has 2 aliphatic rings. The van der Waals surface area contributed by atoms with E-state index in [9.17, 15) is 9.90 Å². The van der Waals surface area contributed by atoms with Crippen molar-refractivity contribution in [1.82, 2.24) is 14.9 Å². The highest BCUT2D eigenvalue weighted by molar-refractivity contribution is 5.88. The number of benzene rings is 1. The largest absolute Gasteiger partial charge is 0.468 e. The van der Waals surface area contributed by atoms with Gasteiger partial charge >= 0.3 is 5.97 Å². The number of piperidine rings is 1. The van der Waals surface area contributed by atoms with Crippen molar-refractivity contribution in [3.63, 3.8) is 0 Å². The van der Waals surface area contributed by atoms with E-state index in [0.29, 0.717) is 13.0 Å². The number of methoxy groups -OCH3 is 1. The summed E-state index contributed by atoms with van der Waals surface area (Å²) in [6.45, 7) is 2.36. The molecule has 1 saturated heterocycles. The molecule has 6 nitrogen and oxygen atoms in total. The molecular weight excluding hydrogens is 390 g/mol. The number of carbonyl (C=O) groups is 1. The van der Waals surface area contributed by atoms with Crippen molar-refractivity contribution in [1.29, 1.82) is 0 Å². The monoisotopic (exact) mass is 415 g/mol. The van der Waals surface area contributed by atoms with E-state index in [1.807, 2.05) is 60.7 Å². The van der Waals surface area contributed by atoms with Crippen molar-refractivity contribution in [3.05, 3.63) is 95.6 Å². The fourth-order valence-corrected chi connectivity index (χ4v) is 5.64. The van der Waals surface area contributed by atoms with Crippen molar-refractivity contribution in [2.24, 2.45) is 0 Å². The summed E-state index contributed by atoms with van der Waals surface area (Å²) in [6, 6.07) is 18.6. The van der Waals surface area contributed by atoms with Crippen LogP contribution in [-0.2, 0) is 21.5 Å². The summed E-state index contributed by atoms with van der Waals surface area (Å²) in [5, 5.41) is 12.1. The van der Waals surface area contributed by atoms with Crippen molar-refractivity contribution < 1.29 is 14.6 Å². The Labute approximate surface area is 181 Å². The third-order valence-electron chi connectivity index (χ3n) is 6.88. The minimum absolute atomic E-state index is 0.186. The number of fused-ring (bicyclic) bond motifs is 4. The highest BCUT2D eigenvalue weighted by Crippen LogP contribution is 2.61. The molecular formula is C25H25N3O3. The molecule has 0 radical (unpaired) electrons. The first-order valence-electron chi connectivity index (χ1n) is 10.5.